The molecule has 0 unspecified atom stereocenters. The minimum Gasteiger partial charge on any atom is -0.462 e. The molecule has 0 saturated carbocycles. The summed E-state index contributed by atoms with van der Waals surface area (Å²) in [7, 11) is 0. The second kappa shape index (κ2) is 11.6. The Balaban J connectivity index is 1.26. The Hall–Kier alpha value is -3.27. The zero-order valence-corrected chi connectivity index (χ0v) is 23.0. The van der Waals surface area contributed by atoms with Gasteiger partial charge in [0.15, 0.2) is 11.5 Å². The van der Waals surface area contributed by atoms with Crippen LogP contribution in [0.4, 0.5) is 10.7 Å². The fraction of sp³-hybridized carbons (Fsp3) is 0.357. The molecule has 2 aromatic carbocycles. The van der Waals surface area contributed by atoms with Gasteiger partial charge in [-0.1, -0.05) is 23.7 Å². The van der Waals surface area contributed by atoms with Gasteiger partial charge in [0.2, 0.25) is 12.7 Å². The number of anilines is 2. The summed E-state index contributed by atoms with van der Waals surface area (Å²) in [5.41, 5.74) is 3.36. The maximum atomic E-state index is 13.1. The van der Waals surface area contributed by atoms with E-state index in [1.54, 1.807) is 6.92 Å². The molecule has 0 aliphatic carbocycles. The van der Waals surface area contributed by atoms with Gasteiger partial charge in [-0.2, -0.15) is 0 Å². The number of hydrogen-bond acceptors (Lipinski definition) is 8. The van der Waals surface area contributed by atoms with Crippen LogP contribution >= 0.6 is 22.9 Å². The fourth-order valence-electron chi connectivity index (χ4n) is 4.71. The highest BCUT2D eigenvalue weighted by molar-refractivity contribution is 7.17. The van der Waals surface area contributed by atoms with Gasteiger partial charge in [-0.3, -0.25) is 9.69 Å². The van der Waals surface area contributed by atoms with E-state index < -0.39 is 5.97 Å². The third kappa shape index (κ3) is 5.90. The number of thiophene rings is 1. The number of hydrogen-bond donors (Lipinski definition) is 1. The second-order valence-electron chi connectivity index (χ2n) is 9.23. The summed E-state index contributed by atoms with van der Waals surface area (Å²) in [6, 6.07) is 13.6. The predicted molar refractivity (Wildman–Crippen MR) is 149 cm³/mol. The van der Waals surface area contributed by atoms with Crippen LogP contribution in [0.25, 0.3) is 0 Å². The average molecular weight is 556 g/mol. The van der Waals surface area contributed by atoms with Crippen LogP contribution in [0.2, 0.25) is 5.02 Å². The van der Waals surface area contributed by atoms with Crippen molar-refractivity contribution in [3.8, 4) is 11.5 Å². The lowest BCUT2D eigenvalue weighted by Gasteiger charge is -2.35. The lowest BCUT2D eigenvalue weighted by atomic mass is 10.1. The smallest absolute Gasteiger partial charge is 0.341 e. The maximum Gasteiger partial charge on any atom is 0.341 e. The van der Waals surface area contributed by atoms with Crippen molar-refractivity contribution in [3.63, 3.8) is 0 Å². The molecule has 8 nitrogen and oxygen atoms in total. The Morgan fingerprint density at radius 3 is 2.63 bits per heavy atom. The molecule has 3 heterocycles. The summed E-state index contributed by atoms with van der Waals surface area (Å²) in [4.78, 5) is 31.3. The first-order valence-electron chi connectivity index (χ1n) is 12.6. The molecular formula is C28H30ClN3O5S. The number of nitrogens with zero attached hydrogens (tertiary/aromatic N) is 2. The average Bonchev–Trinajstić information content (AvgIpc) is 3.48. The van der Waals surface area contributed by atoms with E-state index in [0.717, 1.165) is 53.6 Å². The highest BCUT2D eigenvalue weighted by Gasteiger charge is 2.26. The Bertz CT molecular complexity index is 1340. The Kier molecular flexibility index (Phi) is 8.06. The highest BCUT2D eigenvalue weighted by atomic mass is 35.5. The van der Waals surface area contributed by atoms with E-state index in [1.807, 2.05) is 49.4 Å². The number of esters is 1. The number of fused-ring (bicyclic) bond motifs is 1. The van der Waals surface area contributed by atoms with Gasteiger partial charge in [-0.05, 0) is 55.3 Å². The van der Waals surface area contributed by atoms with Gasteiger partial charge < -0.3 is 24.4 Å². The molecule has 5 rings (SSSR count). The van der Waals surface area contributed by atoms with E-state index in [1.165, 1.54) is 11.3 Å². The van der Waals surface area contributed by atoms with E-state index in [4.69, 9.17) is 25.8 Å². The number of ether oxygens (including phenoxy) is 3. The Morgan fingerprint density at radius 2 is 1.87 bits per heavy atom. The number of rotatable bonds is 8. The molecule has 3 aromatic rings. The summed E-state index contributed by atoms with van der Waals surface area (Å²) >= 11 is 7.55. The number of piperazine rings is 1. The van der Waals surface area contributed by atoms with Crippen LogP contribution in [-0.4, -0.2) is 62.9 Å². The molecule has 1 amide bonds. The molecule has 0 radical (unpaired) electrons. The molecular weight excluding hydrogens is 526 g/mol. The quantitative estimate of drug-likeness (QED) is 0.393. The molecule has 1 N–H and O–H groups in total. The first-order chi connectivity index (χ1) is 18.4. The van der Waals surface area contributed by atoms with E-state index in [-0.39, 0.29) is 25.9 Å². The topological polar surface area (TPSA) is 80.3 Å². The zero-order chi connectivity index (χ0) is 26.6. The third-order valence-corrected chi connectivity index (χ3v) is 8.13. The molecule has 1 fully saturated rings. The van der Waals surface area contributed by atoms with Gasteiger partial charge in [0.05, 0.1) is 18.7 Å². The summed E-state index contributed by atoms with van der Waals surface area (Å²) in [5, 5.41) is 4.24. The van der Waals surface area contributed by atoms with Crippen molar-refractivity contribution in [2.24, 2.45) is 0 Å². The van der Waals surface area contributed by atoms with Gasteiger partial charge in [0.25, 0.3) is 0 Å². The van der Waals surface area contributed by atoms with Crippen molar-refractivity contribution in [2.75, 3.05) is 56.3 Å². The maximum absolute atomic E-state index is 13.1. The standard InChI is InChI=1S/C28H30ClN3O5S/c1-3-35-28(34)26-18(2)24(14-19-7-8-22-23(13-19)37-17-36-22)38-27(26)30-25(33)16-31-9-11-32(12-10-31)21-6-4-5-20(29)15-21/h4-8,13,15H,3,9-12,14,16-17H2,1-2H3,(H,30,33). The summed E-state index contributed by atoms with van der Waals surface area (Å²) in [6.07, 6.45) is 0.598. The molecule has 1 aromatic heterocycles. The normalized spacial score (nSPS) is 15.0. The van der Waals surface area contributed by atoms with Crippen molar-refractivity contribution in [1.29, 1.82) is 0 Å². The number of amides is 1. The van der Waals surface area contributed by atoms with Crippen LogP contribution in [0.1, 0.15) is 33.3 Å². The molecule has 0 atom stereocenters. The third-order valence-electron chi connectivity index (χ3n) is 6.69. The first-order valence-corrected chi connectivity index (χ1v) is 13.8. The van der Waals surface area contributed by atoms with Crippen molar-refractivity contribution < 1.29 is 23.8 Å². The number of nitrogens with one attached hydrogen (secondary N) is 1. The van der Waals surface area contributed by atoms with Crippen molar-refractivity contribution in [2.45, 2.75) is 20.3 Å². The molecule has 0 spiro atoms. The predicted octanol–water partition coefficient (Wildman–Crippen LogP) is 4.97. The summed E-state index contributed by atoms with van der Waals surface area (Å²) in [6.45, 7) is 7.52. The van der Waals surface area contributed by atoms with Crippen LogP contribution in [0.15, 0.2) is 42.5 Å². The van der Waals surface area contributed by atoms with Crippen LogP contribution < -0.4 is 19.7 Å². The lowest BCUT2D eigenvalue weighted by Crippen LogP contribution is -2.48. The highest BCUT2D eigenvalue weighted by Crippen LogP contribution is 2.37. The molecule has 200 valence electrons. The van der Waals surface area contributed by atoms with Crippen molar-refractivity contribution >= 4 is 45.5 Å². The SMILES string of the molecule is CCOC(=O)c1c(NC(=O)CN2CCN(c3cccc(Cl)c3)CC2)sc(Cc2ccc3c(c2)OCO3)c1C. The number of benzene rings is 2. The fourth-order valence-corrected chi connectivity index (χ4v) is 6.14. The number of carbonyl (C=O) groups excluding carboxylic acids is 2. The summed E-state index contributed by atoms with van der Waals surface area (Å²) in [5.74, 6) is 0.864. The van der Waals surface area contributed by atoms with Gasteiger partial charge in [-0.25, -0.2) is 4.79 Å². The summed E-state index contributed by atoms with van der Waals surface area (Å²) < 4.78 is 16.2. The Labute approximate surface area is 231 Å². The molecule has 10 heteroatoms. The molecule has 2 aliphatic rings. The van der Waals surface area contributed by atoms with Gasteiger partial charge in [0.1, 0.15) is 5.00 Å². The van der Waals surface area contributed by atoms with Crippen LogP contribution in [0, 0.1) is 6.92 Å². The molecule has 0 bridgehead atoms. The van der Waals surface area contributed by atoms with Gasteiger partial charge >= 0.3 is 5.97 Å². The Morgan fingerprint density at radius 1 is 1.08 bits per heavy atom. The minimum atomic E-state index is -0.427. The van der Waals surface area contributed by atoms with Crippen molar-refractivity contribution in [3.05, 3.63) is 69.1 Å². The first kappa shape index (κ1) is 26.3. The van der Waals surface area contributed by atoms with E-state index in [2.05, 4.69) is 15.1 Å². The van der Waals surface area contributed by atoms with Crippen LogP contribution in [0.5, 0.6) is 11.5 Å². The van der Waals surface area contributed by atoms with Gasteiger partial charge in [0, 0.05) is 48.2 Å². The zero-order valence-electron chi connectivity index (χ0n) is 21.4. The van der Waals surface area contributed by atoms with E-state index >= 15 is 0 Å². The minimum absolute atomic E-state index is 0.150. The number of halogens is 1. The molecule has 2 aliphatic heterocycles. The molecule has 1 saturated heterocycles. The van der Waals surface area contributed by atoms with E-state index in [9.17, 15) is 9.59 Å². The van der Waals surface area contributed by atoms with Crippen molar-refractivity contribution in [1.82, 2.24) is 4.90 Å². The molecule has 38 heavy (non-hydrogen) atoms. The monoisotopic (exact) mass is 555 g/mol. The number of carbonyl (C=O) groups is 2. The van der Waals surface area contributed by atoms with Crippen LogP contribution in [-0.2, 0) is 16.0 Å². The van der Waals surface area contributed by atoms with Crippen LogP contribution in [0.3, 0.4) is 0 Å². The lowest BCUT2D eigenvalue weighted by molar-refractivity contribution is -0.117. The van der Waals surface area contributed by atoms with E-state index in [0.29, 0.717) is 27.8 Å². The second-order valence-corrected chi connectivity index (χ2v) is 10.8. The largest absolute Gasteiger partial charge is 0.462 e. The van der Waals surface area contributed by atoms with Gasteiger partial charge in [-0.15, -0.1) is 11.3 Å².